The maximum absolute atomic E-state index is 13.4. The summed E-state index contributed by atoms with van der Waals surface area (Å²) in [7, 11) is 0. The summed E-state index contributed by atoms with van der Waals surface area (Å²) in [5.74, 6) is -0.813. The molecule has 110 valence electrons. The predicted molar refractivity (Wildman–Crippen MR) is 78.2 cm³/mol. The monoisotopic (exact) mass is 278 g/mol. The third-order valence-corrected chi connectivity index (χ3v) is 3.82. The lowest BCUT2D eigenvalue weighted by Gasteiger charge is -2.16. The van der Waals surface area contributed by atoms with Crippen molar-refractivity contribution >= 4 is 5.91 Å². The molecule has 0 unspecified atom stereocenters. The zero-order chi connectivity index (χ0) is 14.2. The standard InChI is InChI=1S/C16H23FN2O/c17-15-10-6-5-9-14(15)16(20)19-12-11-18-13-7-3-1-2-4-8-13/h5-6,9-10,13,18H,1-4,7-8,11-12H2,(H,19,20). The van der Waals surface area contributed by atoms with Crippen LogP contribution in [0.3, 0.4) is 0 Å². The highest BCUT2D eigenvalue weighted by atomic mass is 19.1. The topological polar surface area (TPSA) is 41.1 Å². The van der Waals surface area contributed by atoms with E-state index in [9.17, 15) is 9.18 Å². The van der Waals surface area contributed by atoms with Crippen molar-refractivity contribution in [1.29, 1.82) is 0 Å². The molecule has 3 nitrogen and oxygen atoms in total. The highest BCUT2D eigenvalue weighted by Crippen LogP contribution is 2.16. The van der Waals surface area contributed by atoms with Gasteiger partial charge in [0.2, 0.25) is 0 Å². The third-order valence-electron chi connectivity index (χ3n) is 3.82. The van der Waals surface area contributed by atoms with Gasteiger partial charge in [0.05, 0.1) is 5.56 Å². The minimum absolute atomic E-state index is 0.113. The fourth-order valence-electron chi connectivity index (χ4n) is 2.68. The molecule has 0 atom stereocenters. The van der Waals surface area contributed by atoms with Crippen LogP contribution in [0.25, 0.3) is 0 Å². The van der Waals surface area contributed by atoms with Gasteiger partial charge in [-0.3, -0.25) is 4.79 Å². The van der Waals surface area contributed by atoms with Crippen molar-refractivity contribution in [3.63, 3.8) is 0 Å². The molecule has 2 rings (SSSR count). The molecule has 0 aromatic heterocycles. The van der Waals surface area contributed by atoms with Crippen molar-refractivity contribution in [2.45, 2.75) is 44.6 Å². The molecule has 1 fully saturated rings. The second kappa shape index (κ2) is 8.00. The SMILES string of the molecule is O=C(NCCNC1CCCCCC1)c1ccccc1F. The summed E-state index contributed by atoms with van der Waals surface area (Å²) in [5.41, 5.74) is 0.113. The maximum Gasteiger partial charge on any atom is 0.254 e. The van der Waals surface area contributed by atoms with Gasteiger partial charge < -0.3 is 10.6 Å². The Bertz CT molecular complexity index is 428. The van der Waals surface area contributed by atoms with E-state index in [1.807, 2.05) is 0 Å². The molecule has 4 heteroatoms. The molecule has 1 aromatic carbocycles. The van der Waals surface area contributed by atoms with Crippen LogP contribution in [-0.4, -0.2) is 25.0 Å². The van der Waals surface area contributed by atoms with Crippen LogP contribution >= 0.6 is 0 Å². The molecule has 1 aliphatic carbocycles. The Morgan fingerprint density at radius 3 is 2.50 bits per heavy atom. The summed E-state index contributed by atoms with van der Waals surface area (Å²) in [6.45, 7) is 1.27. The molecule has 0 radical (unpaired) electrons. The van der Waals surface area contributed by atoms with E-state index in [1.165, 1.54) is 50.7 Å². The lowest BCUT2D eigenvalue weighted by atomic mass is 10.1. The predicted octanol–water partition coefficient (Wildman–Crippen LogP) is 2.87. The average Bonchev–Trinajstić information content (AvgIpc) is 2.72. The van der Waals surface area contributed by atoms with E-state index in [2.05, 4.69) is 10.6 Å². The Morgan fingerprint density at radius 2 is 1.80 bits per heavy atom. The smallest absolute Gasteiger partial charge is 0.254 e. The van der Waals surface area contributed by atoms with Crippen molar-refractivity contribution in [2.75, 3.05) is 13.1 Å². The molecule has 0 spiro atoms. The van der Waals surface area contributed by atoms with Crippen LogP contribution in [0, 0.1) is 5.82 Å². The van der Waals surface area contributed by atoms with Gasteiger partial charge >= 0.3 is 0 Å². The van der Waals surface area contributed by atoms with Gasteiger partial charge in [0.1, 0.15) is 5.82 Å². The minimum Gasteiger partial charge on any atom is -0.351 e. The first kappa shape index (κ1) is 15.0. The van der Waals surface area contributed by atoms with Crippen LogP contribution in [0.1, 0.15) is 48.9 Å². The summed E-state index contributed by atoms with van der Waals surface area (Å²) >= 11 is 0. The number of carbonyl (C=O) groups excluding carboxylic acids is 1. The molecular formula is C16H23FN2O. The lowest BCUT2D eigenvalue weighted by molar-refractivity contribution is 0.0949. The van der Waals surface area contributed by atoms with Gasteiger partial charge in [-0.05, 0) is 25.0 Å². The fraction of sp³-hybridized carbons (Fsp3) is 0.562. The normalized spacial score (nSPS) is 16.6. The summed E-state index contributed by atoms with van der Waals surface area (Å²) in [4.78, 5) is 11.8. The number of amides is 1. The molecule has 20 heavy (non-hydrogen) atoms. The van der Waals surface area contributed by atoms with E-state index in [0.717, 1.165) is 6.54 Å². The van der Waals surface area contributed by atoms with Gasteiger partial charge in [-0.15, -0.1) is 0 Å². The lowest BCUT2D eigenvalue weighted by Crippen LogP contribution is -2.37. The van der Waals surface area contributed by atoms with E-state index in [4.69, 9.17) is 0 Å². The molecule has 2 N–H and O–H groups in total. The van der Waals surface area contributed by atoms with Gasteiger partial charge in [-0.1, -0.05) is 37.8 Å². The van der Waals surface area contributed by atoms with Crippen LogP contribution in [0.2, 0.25) is 0 Å². The number of nitrogens with one attached hydrogen (secondary N) is 2. The zero-order valence-electron chi connectivity index (χ0n) is 11.8. The summed E-state index contributed by atoms with van der Waals surface area (Å²) in [6.07, 6.45) is 7.70. The van der Waals surface area contributed by atoms with E-state index in [0.29, 0.717) is 12.6 Å². The second-order valence-electron chi connectivity index (χ2n) is 5.38. The van der Waals surface area contributed by atoms with Gasteiger partial charge in [-0.2, -0.15) is 0 Å². The van der Waals surface area contributed by atoms with Crippen LogP contribution in [0.15, 0.2) is 24.3 Å². The molecule has 0 aliphatic heterocycles. The Kier molecular flexibility index (Phi) is 5.99. The van der Waals surface area contributed by atoms with E-state index in [-0.39, 0.29) is 11.5 Å². The number of rotatable bonds is 5. The van der Waals surface area contributed by atoms with Crippen molar-refractivity contribution in [3.05, 3.63) is 35.6 Å². The highest BCUT2D eigenvalue weighted by molar-refractivity contribution is 5.94. The minimum atomic E-state index is -0.471. The van der Waals surface area contributed by atoms with Crippen molar-refractivity contribution < 1.29 is 9.18 Å². The summed E-state index contributed by atoms with van der Waals surface area (Å²) in [5, 5.41) is 6.23. The van der Waals surface area contributed by atoms with Crippen LogP contribution < -0.4 is 10.6 Å². The Morgan fingerprint density at radius 1 is 1.10 bits per heavy atom. The van der Waals surface area contributed by atoms with Gasteiger partial charge in [0.15, 0.2) is 0 Å². The number of carbonyl (C=O) groups is 1. The van der Waals surface area contributed by atoms with Gasteiger partial charge in [-0.25, -0.2) is 4.39 Å². The first-order valence-corrected chi connectivity index (χ1v) is 7.53. The maximum atomic E-state index is 13.4. The molecule has 0 saturated heterocycles. The molecular weight excluding hydrogens is 255 g/mol. The molecule has 1 saturated carbocycles. The van der Waals surface area contributed by atoms with Crippen LogP contribution in [0.4, 0.5) is 4.39 Å². The van der Waals surface area contributed by atoms with Crippen molar-refractivity contribution in [1.82, 2.24) is 10.6 Å². The molecule has 0 bridgehead atoms. The largest absolute Gasteiger partial charge is 0.351 e. The third kappa shape index (κ3) is 4.60. The quantitative estimate of drug-likeness (QED) is 0.642. The van der Waals surface area contributed by atoms with Gasteiger partial charge in [0, 0.05) is 19.1 Å². The molecule has 1 amide bonds. The van der Waals surface area contributed by atoms with Gasteiger partial charge in [0.25, 0.3) is 5.91 Å². The number of hydrogen-bond donors (Lipinski definition) is 2. The van der Waals surface area contributed by atoms with Crippen molar-refractivity contribution in [2.24, 2.45) is 0 Å². The van der Waals surface area contributed by atoms with E-state index >= 15 is 0 Å². The van der Waals surface area contributed by atoms with Crippen LogP contribution in [-0.2, 0) is 0 Å². The number of hydrogen-bond acceptors (Lipinski definition) is 2. The van der Waals surface area contributed by atoms with E-state index < -0.39 is 5.82 Å². The average molecular weight is 278 g/mol. The molecule has 1 aliphatic rings. The second-order valence-corrected chi connectivity index (χ2v) is 5.38. The fourth-order valence-corrected chi connectivity index (χ4v) is 2.68. The number of benzene rings is 1. The molecule has 0 heterocycles. The molecule has 1 aromatic rings. The Balaban J connectivity index is 1.68. The Labute approximate surface area is 120 Å². The first-order valence-electron chi connectivity index (χ1n) is 7.53. The summed E-state index contributed by atoms with van der Waals surface area (Å²) < 4.78 is 13.4. The number of halogens is 1. The Hall–Kier alpha value is -1.42. The zero-order valence-corrected chi connectivity index (χ0v) is 11.8. The van der Waals surface area contributed by atoms with E-state index in [1.54, 1.807) is 12.1 Å². The highest BCUT2D eigenvalue weighted by Gasteiger charge is 2.12. The van der Waals surface area contributed by atoms with Crippen LogP contribution in [0.5, 0.6) is 0 Å². The van der Waals surface area contributed by atoms with Crippen molar-refractivity contribution in [3.8, 4) is 0 Å². The first-order chi connectivity index (χ1) is 9.77. The summed E-state index contributed by atoms with van der Waals surface area (Å²) in [6, 6.07) is 6.63.